The third kappa shape index (κ3) is 3.67. The molecule has 0 aliphatic rings. The molecule has 1 aromatic heterocycles. The zero-order valence-electron chi connectivity index (χ0n) is 10.0. The van der Waals surface area contributed by atoms with E-state index in [2.05, 4.69) is 4.98 Å². The minimum Gasteiger partial charge on any atom is -0.481 e. The largest absolute Gasteiger partial charge is 0.481 e. The van der Waals surface area contributed by atoms with Crippen LogP contribution < -0.4 is 10.5 Å². The molecule has 6 nitrogen and oxygen atoms in total. The van der Waals surface area contributed by atoms with Gasteiger partial charge in [0.05, 0.1) is 12.0 Å². The molecule has 2 N–H and O–H groups in total. The summed E-state index contributed by atoms with van der Waals surface area (Å²) in [7, 11) is 1.48. The molecule has 0 spiro atoms. The monoisotopic (exact) mass is 239 g/mol. The number of hydrogen-bond acceptors (Lipinski definition) is 5. The van der Waals surface area contributed by atoms with Gasteiger partial charge in [-0.1, -0.05) is 13.3 Å². The molecule has 1 unspecified atom stereocenters. The maximum absolute atomic E-state index is 10.8. The van der Waals surface area contributed by atoms with E-state index in [1.807, 2.05) is 6.92 Å². The Morgan fingerprint density at radius 1 is 1.59 bits per heavy atom. The molecule has 1 heterocycles. The molecule has 0 saturated heterocycles. The fourth-order valence-electron chi connectivity index (χ4n) is 1.63. The predicted octanol–water partition coefficient (Wildman–Crippen LogP) is 1.67. The van der Waals surface area contributed by atoms with Crippen LogP contribution in [0, 0.1) is 10.1 Å². The van der Waals surface area contributed by atoms with Gasteiger partial charge in [-0.05, 0) is 6.42 Å². The first-order chi connectivity index (χ1) is 8.08. The maximum atomic E-state index is 10.8. The molecule has 0 aliphatic heterocycles. The van der Waals surface area contributed by atoms with E-state index in [0.717, 1.165) is 12.8 Å². The van der Waals surface area contributed by atoms with E-state index < -0.39 is 4.92 Å². The summed E-state index contributed by atoms with van der Waals surface area (Å²) in [5.74, 6) is 0.370. The molecule has 0 saturated carbocycles. The quantitative estimate of drug-likeness (QED) is 0.602. The van der Waals surface area contributed by atoms with Crippen LogP contribution in [0.1, 0.15) is 25.5 Å². The third-order valence-electron chi connectivity index (χ3n) is 2.45. The SMILES string of the molecule is CCCC(N)Cc1nc(OC)ccc1[N+](=O)[O-]. The van der Waals surface area contributed by atoms with E-state index >= 15 is 0 Å². The van der Waals surface area contributed by atoms with Gasteiger partial charge in [0.15, 0.2) is 0 Å². The Bertz CT molecular complexity index is 396. The van der Waals surface area contributed by atoms with E-state index in [1.54, 1.807) is 0 Å². The van der Waals surface area contributed by atoms with Crippen LogP contribution in [0.3, 0.4) is 0 Å². The van der Waals surface area contributed by atoms with Gasteiger partial charge < -0.3 is 10.5 Å². The topological polar surface area (TPSA) is 91.3 Å². The van der Waals surface area contributed by atoms with Crippen LogP contribution in [-0.2, 0) is 6.42 Å². The molecule has 0 aromatic carbocycles. The van der Waals surface area contributed by atoms with Crippen molar-refractivity contribution in [3.63, 3.8) is 0 Å². The first-order valence-electron chi connectivity index (χ1n) is 5.52. The molecular formula is C11H17N3O3. The second-order valence-electron chi connectivity index (χ2n) is 3.83. The van der Waals surface area contributed by atoms with Gasteiger partial charge >= 0.3 is 0 Å². The summed E-state index contributed by atoms with van der Waals surface area (Å²) in [6.45, 7) is 2.02. The van der Waals surface area contributed by atoms with Gasteiger partial charge in [-0.15, -0.1) is 0 Å². The van der Waals surface area contributed by atoms with E-state index in [9.17, 15) is 10.1 Å². The number of hydrogen-bond donors (Lipinski definition) is 1. The molecule has 17 heavy (non-hydrogen) atoms. The van der Waals surface area contributed by atoms with Gasteiger partial charge in [-0.3, -0.25) is 10.1 Å². The first-order valence-corrected chi connectivity index (χ1v) is 5.52. The van der Waals surface area contributed by atoms with Crippen molar-refractivity contribution in [3.05, 3.63) is 27.9 Å². The van der Waals surface area contributed by atoms with Gasteiger partial charge in [-0.25, -0.2) is 4.98 Å². The van der Waals surface area contributed by atoms with Crippen LogP contribution >= 0.6 is 0 Å². The highest BCUT2D eigenvalue weighted by Crippen LogP contribution is 2.21. The number of nitrogens with zero attached hydrogens (tertiary/aromatic N) is 2. The van der Waals surface area contributed by atoms with Gasteiger partial charge in [0.25, 0.3) is 5.69 Å². The molecular weight excluding hydrogens is 222 g/mol. The summed E-state index contributed by atoms with van der Waals surface area (Å²) in [5, 5.41) is 10.8. The average molecular weight is 239 g/mol. The van der Waals surface area contributed by atoms with Crippen LogP contribution in [0.5, 0.6) is 5.88 Å². The highest BCUT2D eigenvalue weighted by atomic mass is 16.6. The zero-order chi connectivity index (χ0) is 12.8. The van der Waals surface area contributed by atoms with Crippen LogP contribution in [-0.4, -0.2) is 23.1 Å². The van der Waals surface area contributed by atoms with Crippen molar-refractivity contribution in [1.29, 1.82) is 0 Å². The molecule has 0 amide bonds. The Kier molecular flexibility index (Phi) is 4.84. The normalized spacial score (nSPS) is 12.2. The van der Waals surface area contributed by atoms with Crippen molar-refractivity contribution in [2.45, 2.75) is 32.2 Å². The third-order valence-corrected chi connectivity index (χ3v) is 2.45. The highest BCUT2D eigenvalue weighted by Gasteiger charge is 2.18. The molecule has 0 bridgehead atoms. The van der Waals surface area contributed by atoms with Gasteiger partial charge in [0.1, 0.15) is 5.69 Å². The predicted molar refractivity (Wildman–Crippen MR) is 64.0 cm³/mol. The number of rotatable bonds is 6. The lowest BCUT2D eigenvalue weighted by Crippen LogP contribution is -2.23. The number of aromatic nitrogens is 1. The fraction of sp³-hybridized carbons (Fsp3) is 0.545. The molecule has 6 heteroatoms. The first kappa shape index (κ1) is 13.4. The Labute approximate surface area is 99.9 Å². The second kappa shape index (κ2) is 6.15. The minimum atomic E-state index is -0.444. The van der Waals surface area contributed by atoms with Crippen LogP contribution in [0.15, 0.2) is 12.1 Å². The smallest absolute Gasteiger partial charge is 0.291 e. The number of ether oxygens (including phenoxy) is 1. The molecule has 1 atom stereocenters. The minimum absolute atomic E-state index is 0.00245. The van der Waals surface area contributed by atoms with Gasteiger partial charge in [-0.2, -0.15) is 0 Å². The molecule has 0 radical (unpaired) electrons. The van der Waals surface area contributed by atoms with Crippen molar-refractivity contribution in [2.75, 3.05) is 7.11 Å². The van der Waals surface area contributed by atoms with Crippen LogP contribution in [0.25, 0.3) is 0 Å². The van der Waals surface area contributed by atoms with Gasteiger partial charge in [0.2, 0.25) is 5.88 Å². The van der Waals surface area contributed by atoms with Crippen molar-refractivity contribution < 1.29 is 9.66 Å². The number of methoxy groups -OCH3 is 1. The number of nitro groups is 1. The molecule has 0 aliphatic carbocycles. The van der Waals surface area contributed by atoms with Crippen LogP contribution in [0.2, 0.25) is 0 Å². The van der Waals surface area contributed by atoms with Crippen molar-refractivity contribution >= 4 is 5.69 Å². The number of pyridine rings is 1. The fourth-order valence-corrected chi connectivity index (χ4v) is 1.63. The Morgan fingerprint density at radius 3 is 2.82 bits per heavy atom. The summed E-state index contributed by atoms with van der Waals surface area (Å²) in [5.41, 5.74) is 6.26. The lowest BCUT2D eigenvalue weighted by molar-refractivity contribution is -0.386. The van der Waals surface area contributed by atoms with E-state index in [-0.39, 0.29) is 11.7 Å². The summed E-state index contributed by atoms with van der Waals surface area (Å²) in [4.78, 5) is 14.5. The molecule has 0 fully saturated rings. The maximum Gasteiger partial charge on any atom is 0.291 e. The van der Waals surface area contributed by atoms with E-state index in [0.29, 0.717) is 18.0 Å². The Balaban J connectivity index is 2.96. The lowest BCUT2D eigenvalue weighted by atomic mass is 10.1. The van der Waals surface area contributed by atoms with E-state index in [1.165, 1.54) is 19.2 Å². The van der Waals surface area contributed by atoms with Crippen molar-refractivity contribution in [1.82, 2.24) is 4.98 Å². The highest BCUT2D eigenvalue weighted by molar-refractivity contribution is 5.38. The Morgan fingerprint density at radius 2 is 2.29 bits per heavy atom. The number of nitrogens with two attached hydrogens (primary N) is 1. The van der Waals surface area contributed by atoms with Crippen molar-refractivity contribution in [2.24, 2.45) is 5.73 Å². The lowest BCUT2D eigenvalue weighted by Gasteiger charge is -2.10. The Hall–Kier alpha value is -1.69. The van der Waals surface area contributed by atoms with Crippen LogP contribution in [0.4, 0.5) is 5.69 Å². The molecule has 1 aromatic rings. The molecule has 94 valence electrons. The summed E-state index contributed by atoms with van der Waals surface area (Å²) in [6.07, 6.45) is 2.15. The van der Waals surface area contributed by atoms with E-state index in [4.69, 9.17) is 10.5 Å². The summed E-state index contributed by atoms with van der Waals surface area (Å²) < 4.78 is 4.96. The second-order valence-corrected chi connectivity index (χ2v) is 3.83. The average Bonchev–Trinajstić information content (AvgIpc) is 2.28. The van der Waals surface area contributed by atoms with Crippen molar-refractivity contribution in [3.8, 4) is 5.88 Å². The molecule has 1 rings (SSSR count). The summed E-state index contributed by atoms with van der Waals surface area (Å²) in [6, 6.07) is 2.77. The zero-order valence-corrected chi connectivity index (χ0v) is 10.0. The standard InChI is InChI=1S/C11H17N3O3/c1-3-4-8(12)7-9-10(14(15)16)5-6-11(13-9)17-2/h5-6,8H,3-4,7,12H2,1-2H3. The summed E-state index contributed by atoms with van der Waals surface area (Å²) >= 11 is 0. The van der Waals surface area contributed by atoms with Gasteiger partial charge in [0, 0.05) is 24.6 Å².